The molecule has 0 amide bonds. The normalized spacial score (nSPS) is 12.0. The van der Waals surface area contributed by atoms with Crippen LogP contribution in [0.2, 0.25) is 0 Å². The highest BCUT2D eigenvalue weighted by molar-refractivity contribution is 5.53. The molecule has 3 rings (SSSR count). The Hall–Kier alpha value is -2.98. The molecule has 1 aromatic carbocycles. The number of aryl methyl sites for hydroxylation is 1. The fourth-order valence-electron chi connectivity index (χ4n) is 2.15. The molecular weight excluding hydrogens is 363 g/mol. The lowest BCUT2D eigenvalue weighted by Crippen LogP contribution is -2.09. The second kappa shape index (κ2) is 6.73. The van der Waals surface area contributed by atoms with E-state index in [1.54, 1.807) is 0 Å². The van der Waals surface area contributed by atoms with Crippen molar-refractivity contribution in [2.75, 3.05) is 0 Å². The largest absolute Gasteiger partial charge is 0.435 e. The summed E-state index contributed by atoms with van der Waals surface area (Å²) in [6, 6.07) is 6.40. The van der Waals surface area contributed by atoms with E-state index in [0.717, 1.165) is 10.7 Å². The van der Waals surface area contributed by atoms with E-state index < -0.39 is 18.5 Å². The Morgan fingerprint density at radius 2 is 1.85 bits per heavy atom. The number of aromatic nitrogens is 4. The van der Waals surface area contributed by atoms with Crippen LogP contribution in [-0.4, -0.2) is 26.6 Å². The minimum absolute atomic E-state index is 0.0321. The summed E-state index contributed by atoms with van der Waals surface area (Å²) in [4.78, 5) is 0. The molecule has 0 bridgehead atoms. The second-order valence-corrected chi connectivity index (χ2v) is 5.23. The number of halogens is 5. The Labute approximate surface area is 143 Å². The molecule has 0 aliphatic carbocycles. The Balaban J connectivity index is 1.75. The van der Waals surface area contributed by atoms with Gasteiger partial charge in [0.1, 0.15) is 12.3 Å². The summed E-state index contributed by atoms with van der Waals surface area (Å²) in [6.45, 7) is -1.60. The number of ether oxygens (including phenoxy) is 1. The maximum absolute atomic E-state index is 12.7. The van der Waals surface area contributed by atoms with Crippen molar-refractivity contribution >= 4 is 0 Å². The number of alkyl halides is 5. The quantitative estimate of drug-likeness (QED) is 0.634. The predicted molar refractivity (Wildman–Crippen MR) is 77.4 cm³/mol. The van der Waals surface area contributed by atoms with Crippen molar-refractivity contribution in [3.8, 4) is 17.2 Å². The molecule has 0 aliphatic heterocycles. The third kappa shape index (κ3) is 3.98. The smallest absolute Gasteiger partial charge is 0.435 e. The molecule has 0 unspecified atom stereocenters. The van der Waals surface area contributed by atoms with Gasteiger partial charge in [0.2, 0.25) is 11.8 Å². The van der Waals surface area contributed by atoms with Gasteiger partial charge in [0.05, 0.1) is 0 Å². The minimum Gasteiger partial charge on any atom is -0.435 e. The Bertz CT molecular complexity index is 886. The zero-order valence-corrected chi connectivity index (χ0v) is 13.2. The molecule has 0 saturated heterocycles. The van der Waals surface area contributed by atoms with E-state index in [1.807, 2.05) is 0 Å². The SMILES string of the molecule is Cc1cc(C(F)(F)F)nn1Cc1nnc(-c2ccc(OC(F)F)cc2)o1. The lowest BCUT2D eigenvalue weighted by Gasteiger charge is -2.04. The molecule has 6 nitrogen and oxygen atoms in total. The van der Waals surface area contributed by atoms with Gasteiger partial charge in [-0.05, 0) is 37.3 Å². The van der Waals surface area contributed by atoms with Crippen LogP contribution in [0.3, 0.4) is 0 Å². The fraction of sp³-hybridized carbons (Fsp3) is 0.267. The summed E-state index contributed by atoms with van der Waals surface area (Å²) in [5, 5.41) is 11.0. The van der Waals surface area contributed by atoms with Crippen molar-refractivity contribution < 1.29 is 31.1 Å². The maximum Gasteiger partial charge on any atom is 0.435 e. The second-order valence-electron chi connectivity index (χ2n) is 5.23. The average Bonchev–Trinajstić information content (AvgIpc) is 3.15. The summed E-state index contributed by atoms with van der Waals surface area (Å²) in [5.74, 6) is 0.104. The van der Waals surface area contributed by atoms with Crippen LogP contribution >= 0.6 is 0 Å². The van der Waals surface area contributed by atoms with Crippen molar-refractivity contribution in [1.82, 2.24) is 20.0 Å². The van der Waals surface area contributed by atoms with Gasteiger partial charge >= 0.3 is 12.8 Å². The summed E-state index contributed by atoms with van der Waals surface area (Å²) in [5.41, 5.74) is -0.284. The molecule has 0 N–H and O–H groups in total. The zero-order valence-electron chi connectivity index (χ0n) is 13.2. The van der Waals surface area contributed by atoms with Crippen LogP contribution in [-0.2, 0) is 12.7 Å². The average molecular weight is 374 g/mol. The molecule has 0 saturated carbocycles. The van der Waals surface area contributed by atoms with E-state index in [1.165, 1.54) is 31.2 Å². The maximum atomic E-state index is 12.7. The van der Waals surface area contributed by atoms with Crippen molar-refractivity contribution in [3.05, 3.63) is 47.6 Å². The highest BCUT2D eigenvalue weighted by Crippen LogP contribution is 2.29. The predicted octanol–water partition coefficient (Wildman–Crippen LogP) is 3.91. The van der Waals surface area contributed by atoms with E-state index in [2.05, 4.69) is 20.0 Å². The van der Waals surface area contributed by atoms with Gasteiger partial charge in [-0.2, -0.15) is 27.1 Å². The van der Waals surface area contributed by atoms with Crippen LogP contribution in [0.5, 0.6) is 5.75 Å². The lowest BCUT2D eigenvalue weighted by molar-refractivity contribution is -0.141. The lowest BCUT2D eigenvalue weighted by atomic mass is 10.2. The van der Waals surface area contributed by atoms with E-state index in [-0.39, 0.29) is 29.8 Å². The number of nitrogens with zero attached hydrogens (tertiary/aromatic N) is 4. The summed E-state index contributed by atoms with van der Waals surface area (Å²) in [7, 11) is 0. The molecule has 0 atom stereocenters. The molecule has 138 valence electrons. The van der Waals surface area contributed by atoms with E-state index in [9.17, 15) is 22.0 Å². The van der Waals surface area contributed by atoms with E-state index in [0.29, 0.717) is 5.56 Å². The van der Waals surface area contributed by atoms with Crippen molar-refractivity contribution in [1.29, 1.82) is 0 Å². The monoisotopic (exact) mass is 374 g/mol. The molecule has 2 heterocycles. The number of benzene rings is 1. The van der Waals surface area contributed by atoms with Crippen LogP contribution < -0.4 is 4.74 Å². The van der Waals surface area contributed by atoms with Crippen LogP contribution in [0.15, 0.2) is 34.7 Å². The first-order valence-corrected chi connectivity index (χ1v) is 7.21. The number of rotatable bonds is 5. The van der Waals surface area contributed by atoms with Gasteiger partial charge in [-0.3, -0.25) is 4.68 Å². The topological polar surface area (TPSA) is 66.0 Å². The van der Waals surface area contributed by atoms with Crippen molar-refractivity contribution in [2.24, 2.45) is 0 Å². The third-order valence-electron chi connectivity index (χ3n) is 3.35. The van der Waals surface area contributed by atoms with Gasteiger partial charge in [-0.15, -0.1) is 10.2 Å². The first-order valence-electron chi connectivity index (χ1n) is 7.21. The standard InChI is InChI=1S/C15H11F5N4O2/c1-8-6-11(15(18,19)20)23-24(8)7-12-21-22-13(26-12)9-2-4-10(5-3-9)25-14(16)17/h2-6,14H,7H2,1H3. The molecule has 26 heavy (non-hydrogen) atoms. The highest BCUT2D eigenvalue weighted by Gasteiger charge is 2.34. The molecular formula is C15H11F5N4O2. The van der Waals surface area contributed by atoms with Gasteiger partial charge < -0.3 is 9.15 Å². The summed E-state index contributed by atoms with van der Waals surface area (Å²) >= 11 is 0. The van der Waals surface area contributed by atoms with Crippen LogP contribution in [0.25, 0.3) is 11.5 Å². The summed E-state index contributed by atoms with van der Waals surface area (Å²) < 4.78 is 73.0. The fourth-order valence-corrected chi connectivity index (χ4v) is 2.15. The Kier molecular flexibility index (Phi) is 4.62. The molecule has 3 aromatic rings. The molecule has 0 fully saturated rings. The van der Waals surface area contributed by atoms with Gasteiger partial charge in [0, 0.05) is 11.3 Å². The molecule has 0 spiro atoms. The van der Waals surface area contributed by atoms with Crippen LogP contribution in [0, 0.1) is 6.92 Å². The molecule has 0 aliphatic rings. The highest BCUT2D eigenvalue weighted by atomic mass is 19.4. The van der Waals surface area contributed by atoms with Gasteiger partial charge in [-0.1, -0.05) is 0 Å². The van der Waals surface area contributed by atoms with Crippen molar-refractivity contribution in [2.45, 2.75) is 26.3 Å². The number of hydrogen-bond donors (Lipinski definition) is 0. The van der Waals surface area contributed by atoms with Gasteiger partial charge in [0.25, 0.3) is 0 Å². The molecule has 11 heteroatoms. The summed E-state index contributed by atoms with van der Waals surface area (Å²) in [6.07, 6.45) is -4.54. The first-order chi connectivity index (χ1) is 12.2. The number of hydrogen-bond acceptors (Lipinski definition) is 5. The first kappa shape index (κ1) is 17.8. The molecule has 0 radical (unpaired) electrons. The minimum atomic E-state index is -4.54. The van der Waals surface area contributed by atoms with Crippen LogP contribution in [0.4, 0.5) is 22.0 Å². The van der Waals surface area contributed by atoms with Crippen molar-refractivity contribution in [3.63, 3.8) is 0 Å². The van der Waals surface area contributed by atoms with Crippen LogP contribution in [0.1, 0.15) is 17.3 Å². The zero-order chi connectivity index (χ0) is 18.9. The molecule has 2 aromatic heterocycles. The van der Waals surface area contributed by atoms with Gasteiger partial charge in [-0.25, -0.2) is 0 Å². The van der Waals surface area contributed by atoms with E-state index in [4.69, 9.17) is 4.42 Å². The van der Waals surface area contributed by atoms with E-state index >= 15 is 0 Å². The third-order valence-corrected chi connectivity index (χ3v) is 3.35. The van der Waals surface area contributed by atoms with Gasteiger partial charge in [0.15, 0.2) is 5.69 Å². The Morgan fingerprint density at radius 3 is 2.42 bits per heavy atom. The Morgan fingerprint density at radius 1 is 1.15 bits per heavy atom.